The van der Waals surface area contributed by atoms with Gasteiger partial charge in [0.05, 0.1) is 0 Å². The van der Waals surface area contributed by atoms with Gasteiger partial charge >= 0.3 is 23.9 Å². The Labute approximate surface area is 215 Å². The SMILES string of the molecule is CC(=O)OC[C@H]1O[C@@H](Oc2ccccc2CCC(=O)I)[C@H](OC(C)=O)[C@@H](OC(C)=O)[C@H]1OC(C)=O. The number of hydrogen-bond donors (Lipinski definition) is 0. The third-order valence-corrected chi connectivity index (χ3v) is 5.29. The summed E-state index contributed by atoms with van der Waals surface area (Å²) in [6.07, 6.45) is -5.76. The largest absolute Gasteiger partial charge is 0.463 e. The van der Waals surface area contributed by atoms with Crippen molar-refractivity contribution >= 4 is 50.3 Å². The van der Waals surface area contributed by atoms with Crippen molar-refractivity contribution in [1.82, 2.24) is 0 Å². The number of esters is 4. The molecule has 1 saturated heterocycles. The summed E-state index contributed by atoms with van der Waals surface area (Å²) in [6.45, 7) is 4.25. The summed E-state index contributed by atoms with van der Waals surface area (Å²) in [5.41, 5.74) is 0.686. The second kappa shape index (κ2) is 13.4. The van der Waals surface area contributed by atoms with E-state index in [2.05, 4.69) is 0 Å². The zero-order chi connectivity index (χ0) is 26.1. The van der Waals surface area contributed by atoms with Crippen molar-refractivity contribution in [3.8, 4) is 5.75 Å². The maximum Gasteiger partial charge on any atom is 0.303 e. The number of hydrogen-bond acceptors (Lipinski definition) is 11. The third kappa shape index (κ3) is 9.09. The van der Waals surface area contributed by atoms with Crippen LogP contribution in [0.25, 0.3) is 0 Å². The summed E-state index contributed by atoms with van der Waals surface area (Å²) >= 11 is 1.70. The Morgan fingerprint density at radius 3 is 1.97 bits per heavy atom. The number of benzene rings is 1. The monoisotopic (exact) mass is 606 g/mol. The van der Waals surface area contributed by atoms with Crippen LogP contribution in [-0.4, -0.2) is 65.0 Å². The average molecular weight is 606 g/mol. The Bertz CT molecular complexity index is 947. The topological polar surface area (TPSA) is 141 Å². The van der Waals surface area contributed by atoms with E-state index < -0.39 is 54.6 Å². The summed E-state index contributed by atoms with van der Waals surface area (Å²) in [4.78, 5) is 58.5. The summed E-state index contributed by atoms with van der Waals surface area (Å²) in [5.74, 6) is -2.47. The molecule has 0 spiro atoms. The zero-order valence-electron chi connectivity index (χ0n) is 19.7. The number of rotatable bonds is 10. The van der Waals surface area contributed by atoms with Crippen LogP contribution in [0.5, 0.6) is 5.75 Å². The molecule has 1 aromatic rings. The molecule has 11 nitrogen and oxygen atoms in total. The van der Waals surface area contributed by atoms with E-state index in [9.17, 15) is 24.0 Å². The standard InChI is InChI=1S/C23H27IO11/c1-12(25)30-11-18-20(31-13(2)26)21(32-14(3)27)22(33-15(4)28)23(35-18)34-17-8-6-5-7-16(17)9-10-19(24)29/h5-8,18,20-23H,9-11H2,1-4H3/t18-,20+,21+,22-,23-/m1/s1. The Balaban J connectivity index is 2.47. The van der Waals surface area contributed by atoms with Gasteiger partial charge in [0.15, 0.2) is 16.0 Å². The molecule has 1 aromatic carbocycles. The van der Waals surface area contributed by atoms with E-state index in [-0.39, 0.29) is 16.8 Å². The van der Waals surface area contributed by atoms with Crippen LogP contribution < -0.4 is 4.74 Å². The Hall–Kier alpha value is -2.74. The van der Waals surface area contributed by atoms with Crippen molar-refractivity contribution in [1.29, 1.82) is 0 Å². The number of para-hydroxylation sites is 1. The van der Waals surface area contributed by atoms with Crippen molar-refractivity contribution in [2.75, 3.05) is 6.61 Å². The van der Waals surface area contributed by atoms with Gasteiger partial charge in [-0.25, -0.2) is 0 Å². The summed E-state index contributed by atoms with van der Waals surface area (Å²) < 4.78 is 33.1. The molecule has 1 aliphatic heterocycles. The van der Waals surface area contributed by atoms with Crippen LogP contribution >= 0.6 is 22.6 Å². The first-order chi connectivity index (χ1) is 16.5. The molecule has 0 aromatic heterocycles. The number of carbonyl (C=O) groups is 5. The van der Waals surface area contributed by atoms with Crippen LogP contribution in [0.1, 0.15) is 39.7 Å². The van der Waals surface area contributed by atoms with Crippen LogP contribution in [0.3, 0.4) is 0 Å². The molecule has 2 rings (SSSR count). The molecule has 5 atom stereocenters. The molecule has 35 heavy (non-hydrogen) atoms. The molecule has 0 saturated carbocycles. The molecule has 0 bridgehead atoms. The lowest BCUT2D eigenvalue weighted by molar-refractivity contribution is -0.288. The van der Waals surface area contributed by atoms with Crippen molar-refractivity contribution in [3.63, 3.8) is 0 Å². The third-order valence-electron chi connectivity index (χ3n) is 4.75. The highest BCUT2D eigenvalue weighted by atomic mass is 127. The first-order valence-corrected chi connectivity index (χ1v) is 11.8. The lowest BCUT2D eigenvalue weighted by atomic mass is 9.98. The highest BCUT2D eigenvalue weighted by molar-refractivity contribution is 14.1. The first kappa shape index (κ1) is 28.5. The maximum atomic E-state index is 11.9. The van der Waals surface area contributed by atoms with Gasteiger partial charge in [-0.1, -0.05) is 18.2 Å². The first-order valence-electron chi connectivity index (χ1n) is 10.7. The molecule has 1 aliphatic rings. The van der Waals surface area contributed by atoms with Gasteiger partial charge in [0, 0.05) is 34.1 Å². The van der Waals surface area contributed by atoms with Crippen LogP contribution in [0, 0.1) is 0 Å². The minimum absolute atomic E-state index is 0.0373. The predicted molar refractivity (Wildman–Crippen MR) is 126 cm³/mol. The van der Waals surface area contributed by atoms with E-state index in [1.165, 1.54) is 6.92 Å². The number of ether oxygens (including phenoxy) is 6. The minimum atomic E-state index is -1.34. The van der Waals surface area contributed by atoms with E-state index in [1.54, 1.807) is 46.9 Å². The predicted octanol–water partition coefficient (Wildman–Crippen LogP) is 2.04. The van der Waals surface area contributed by atoms with Crippen LogP contribution in [0.4, 0.5) is 0 Å². The van der Waals surface area contributed by atoms with E-state index in [4.69, 9.17) is 28.4 Å². The molecule has 1 fully saturated rings. The van der Waals surface area contributed by atoms with Gasteiger partial charge in [-0.2, -0.15) is 0 Å². The quantitative estimate of drug-likeness (QED) is 0.167. The lowest BCUT2D eigenvalue weighted by Crippen LogP contribution is -2.63. The van der Waals surface area contributed by atoms with E-state index in [1.807, 2.05) is 0 Å². The second-order valence-corrected chi connectivity index (χ2v) is 8.85. The fourth-order valence-corrected chi connectivity index (χ4v) is 3.74. The fourth-order valence-electron chi connectivity index (χ4n) is 3.47. The number of aryl methyl sites for hydroxylation is 1. The molecule has 192 valence electrons. The summed E-state index contributed by atoms with van der Waals surface area (Å²) in [6, 6.07) is 6.88. The molecule has 0 aliphatic carbocycles. The lowest BCUT2D eigenvalue weighted by Gasteiger charge is -2.44. The molecule has 0 amide bonds. The Morgan fingerprint density at radius 2 is 1.40 bits per heavy atom. The van der Waals surface area contributed by atoms with Crippen molar-refractivity contribution in [2.45, 2.75) is 71.2 Å². The van der Waals surface area contributed by atoms with Gasteiger partial charge in [0.1, 0.15) is 18.5 Å². The van der Waals surface area contributed by atoms with Gasteiger partial charge in [-0.15, -0.1) is 0 Å². The summed E-state index contributed by atoms with van der Waals surface area (Å²) in [5, 5.41) is 0. The highest BCUT2D eigenvalue weighted by Gasteiger charge is 2.53. The molecule has 0 N–H and O–H groups in total. The van der Waals surface area contributed by atoms with E-state index in [0.717, 1.165) is 20.8 Å². The second-order valence-electron chi connectivity index (χ2n) is 7.65. The molecule has 0 radical (unpaired) electrons. The Morgan fingerprint density at radius 1 is 0.829 bits per heavy atom. The van der Waals surface area contributed by atoms with Crippen molar-refractivity contribution in [3.05, 3.63) is 29.8 Å². The summed E-state index contributed by atoms with van der Waals surface area (Å²) in [7, 11) is 0. The van der Waals surface area contributed by atoms with Crippen LogP contribution in [-0.2, 0) is 54.1 Å². The fraction of sp³-hybridized carbons (Fsp3) is 0.522. The number of halogens is 1. The average Bonchev–Trinajstić information content (AvgIpc) is 2.74. The van der Waals surface area contributed by atoms with Crippen molar-refractivity contribution < 1.29 is 52.4 Å². The molecule has 0 unspecified atom stereocenters. The smallest absolute Gasteiger partial charge is 0.303 e. The van der Waals surface area contributed by atoms with Crippen LogP contribution in [0.15, 0.2) is 24.3 Å². The Kier molecular flexibility index (Phi) is 10.9. The molecule has 1 heterocycles. The molecular weight excluding hydrogens is 579 g/mol. The van der Waals surface area contributed by atoms with E-state index >= 15 is 0 Å². The van der Waals surface area contributed by atoms with Crippen molar-refractivity contribution in [2.24, 2.45) is 0 Å². The number of carbonyl (C=O) groups excluding carboxylic acids is 5. The normalized spacial score (nSPS) is 23.5. The van der Waals surface area contributed by atoms with Gasteiger partial charge < -0.3 is 28.4 Å². The molecule has 12 heteroatoms. The molecular formula is C23H27IO11. The van der Waals surface area contributed by atoms with Gasteiger partial charge in [0.2, 0.25) is 12.4 Å². The maximum absolute atomic E-state index is 11.9. The van der Waals surface area contributed by atoms with Gasteiger partial charge in [-0.3, -0.25) is 24.0 Å². The van der Waals surface area contributed by atoms with Gasteiger partial charge in [0.25, 0.3) is 0 Å². The highest BCUT2D eigenvalue weighted by Crippen LogP contribution is 2.32. The van der Waals surface area contributed by atoms with Gasteiger partial charge in [-0.05, 0) is 40.6 Å². The van der Waals surface area contributed by atoms with E-state index in [0.29, 0.717) is 17.7 Å². The zero-order valence-corrected chi connectivity index (χ0v) is 21.8. The minimum Gasteiger partial charge on any atom is -0.463 e. The van der Waals surface area contributed by atoms with Crippen LogP contribution in [0.2, 0.25) is 0 Å².